The molecular formula is C26H34FN3O2. The zero-order valence-electron chi connectivity index (χ0n) is 19.7. The Morgan fingerprint density at radius 2 is 1.78 bits per heavy atom. The number of nitrogens with one attached hydrogen (secondary N) is 1. The van der Waals surface area contributed by atoms with Crippen LogP contribution in [0.25, 0.3) is 11.1 Å². The maximum Gasteiger partial charge on any atom is 0.223 e. The smallest absolute Gasteiger partial charge is 0.223 e. The molecule has 1 N–H and O–H groups in total. The minimum absolute atomic E-state index is 0.00200. The van der Waals surface area contributed by atoms with Gasteiger partial charge >= 0.3 is 0 Å². The first-order valence-electron chi connectivity index (χ1n) is 11.7. The van der Waals surface area contributed by atoms with Crippen LogP contribution in [0.1, 0.15) is 50.6 Å². The average molecular weight is 440 g/mol. The zero-order chi connectivity index (χ0) is 23.0. The number of anilines is 1. The molecule has 0 bridgehead atoms. The Kier molecular flexibility index (Phi) is 6.52. The van der Waals surface area contributed by atoms with Gasteiger partial charge in [0.2, 0.25) is 5.91 Å². The summed E-state index contributed by atoms with van der Waals surface area (Å²) in [5, 5.41) is 3.07. The summed E-state index contributed by atoms with van der Waals surface area (Å²) in [4.78, 5) is 19.3. The third-order valence-electron chi connectivity index (χ3n) is 6.51. The molecule has 1 saturated heterocycles. The predicted molar refractivity (Wildman–Crippen MR) is 125 cm³/mol. The van der Waals surface area contributed by atoms with Crippen LogP contribution in [-0.2, 0) is 16.1 Å². The average Bonchev–Trinajstić information content (AvgIpc) is 3.54. The quantitative estimate of drug-likeness (QED) is 0.704. The molecule has 1 saturated carbocycles. The lowest BCUT2D eigenvalue weighted by Crippen LogP contribution is -2.45. The molecule has 4 rings (SSSR count). The van der Waals surface area contributed by atoms with Gasteiger partial charge in [-0.3, -0.25) is 9.78 Å². The highest BCUT2D eigenvalue weighted by molar-refractivity contribution is 5.80. The van der Waals surface area contributed by atoms with Crippen LogP contribution in [0.2, 0.25) is 0 Å². The fourth-order valence-electron chi connectivity index (χ4n) is 4.81. The molecule has 1 amide bonds. The highest BCUT2D eigenvalue weighted by Gasteiger charge is 2.32. The zero-order valence-corrected chi connectivity index (χ0v) is 19.7. The van der Waals surface area contributed by atoms with E-state index in [9.17, 15) is 4.79 Å². The van der Waals surface area contributed by atoms with Crippen molar-refractivity contribution in [1.29, 1.82) is 0 Å². The fourth-order valence-corrected chi connectivity index (χ4v) is 4.81. The van der Waals surface area contributed by atoms with Gasteiger partial charge in [0.05, 0.1) is 12.2 Å². The lowest BCUT2D eigenvalue weighted by molar-refractivity contribution is -0.125. The maximum atomic E-state index is 15.6. The van der Waals surface area contributed by atoms with E-state index in [1.54, 1.807) is 6.07 Å². The van der Waals surface area contributed by atoms with E-state index in [0.29, 0.717) is 31.1 Å². The van der Waals surface area contributed by atoms with Crippen molar-refractivity contribution in [2.45, 2.75) is 66.2 Å². The number of carbonyl (C=O) groups is 1. The third-order valence-corrected chi connectivity index (χ3v) is 6.51. The Bertz CT molecular complexity index is 975. The minimum Gasteiger partial charge on any atom is -0.372 e. The lowest BCUT2D eigenvalue weighted by Gasteiger charge is -2.37. The molecule has 2 aromatic rings. The number of ether oxygens (including phenoxy) is 1. The van der Waals surface area contributed by atoms with Gasteiger partial charge in [0.15, 0.2) is 0 Å². The van der Waals surface area contributed by atoms with E-state index < -0.39 is 0 Å². The summed E-state index contributed by atoms with van der Waals surface area (Å²) in [6.45, 7) is 11.6. The number of rotatable bonds is 6. The molecule has 6 heteroatoms. The third kappa shape index (κ3) is 5.12. The van der Waals surface area contributed by atoms with Gasteiger partial charge in [0.25, 0.3) is 0 Å². The van der Waals surface area contributed by atoms with Crippen LogP contribution in [0.5, 0.6) is 0 Å². The second-order valence-electron chi connectivity index (χ2n) is 9.61. The Morgan fingerprint density at radius 3 is 2.38 bits per heavy atom. The van der Waals surface area contributed by atoms with E-state index in [0.717, 1.165) is 41.0 Å². The van der Waals surface area contributed by atoms with Crippen LogP contribution in [0.3, 0.4) is 0 Å². The second kappa shape index (κ2) is 9.18. The number of carbonyl (C=O) groups excluding carboxylic acids is 1. The van der Waals surface area contributed by atoms with Gasteiger partial charge in [-0.15, -0.1) is 0 Å². The van der Waals surface area contributed by atoms with Crippen molar-refractivity contribution in [3.05, 3.63) is 47.0 Å². The fraction of sp³-hybridized carbons (Fsp3) is 0.538. The van der Waals surface area contributed by atoms with Crippen molar-refractivity contribution >= 4 is 11.6 Å². The van der Waals surface area contributed by atoms with Crippen molar-refractivity contribution in [1.82, 2.24) is 10.3 Å². The normalized spacial score (nSPS) is 22.0. The molecule has 172 valence electrons. The first kappa shape index (κ1) is 22.7. The van der Waals surface area contributed by atoms with Crippen LogP contribution in [-0.4, -0.2) is 36.2 Å². The van der Waals surface area contributed by atoms with Gasteiger partial charge in [-0.1, -0.05) is 6.92 Å². The highest BCUT2D eigenvalue weighted by Crippen LogP contribution is 2.37. The molecule has 2 fully saturated rings. The Labute approximate surface area is 190 Å². The molecular weight excluding hydrogens is 405 g/mol. The number of halogens is 1. The number of morpholine rings is 1. The number of hydrogen-bond donors (Lipinski definition) is 1. The van der Waals surface area contributed by atoms with Crippen LogP contribution >= 0.6 is 0 Å². The second-order valence-corrected chi connectivity index (χ2v) is 9.61. The van der Waals surface area contributed by atoms with E-state index in [2.05, 4.69) is 15.2 Å². The molecule has 0 radical (unpaired) electrons. The Morgan fingerprint density at radius 1 is 1.16 bits per heavy atom. The Balaban J connectivity index is 1.70. The van der Waals surface area contributed by atoms with Crippen molar-refractivity contribution in [3.63, 3.8) is 0 Å². The van der Waals surface area contributed by atoms with Gasteiger partial charge in [0.1, 0.15) is 5.82 Å². The summed E-state index contributed by atoms with van der Waals surface area (Å²) in [7, 11) is 0. The molecule has 2 aliphatic rings. The van der Waals surface area contributed by atoms with Crippen molar-refractivity contribution in [3.8, 4) is 11.1 Å². The lowest BCUT2D eigenvalue weighted by atomic mass is 9.96. The van der Waals surface area contributed by atoms with Gasteiger partial charge in [-0.2, -0.15) is 0 Å². The van der Waals surface area contributed by atoms with E-state index in [-0.39, 0.29) is 29.9 Å². The number of aryl methyl sites for hydroxylation is 2. The predicted octanol–water partition coefficient (Wildman–Crippen LogP) is 4.78. The summed E-state index contributed by atoms with van der Waals surface area (Å²) in [6, 6.07) is 7.45. The molecule has 1 aromatic carbocycles. The molecule has 5 nitrogen and oxygen atoms in total. The van der Waals surface area contributed by atoms with Crippen LogP contribution < -0.4 is 10.2 Å². The van der Waals surface area contributed by atoms with Crippen molar-refractivity contribution in [2.75, 3.05) is 18.0 Å². The molecule has 1 aromatic heterocycles. The van der Waals surface area contributed by atoms with E-state index >= 15 is 4.39 Å². The van der Waals surface area contributed by atoms with E-state index in [4.69, 9.17) is 4.74 Å². The van der Waals surface area contributed by atoms with Gasteiger partial charge < -0.3 is 15.0 Å². The van der Waals surface area contributed by atoms with E-state index in [1.165, 1.54) is 0 Å². The highest BCUT2D eigenvalue weighted by atomic mass is 19.1. The maximum absolute atomic E-state index is 15.6. The molecule has 2 heterocycles. The first-order chi connectivity index (χ1) is 15.2. The molecule has 1 aliphatic carbocycles. The van der Waals surface area contributed by atoms with Crippen molar-refractivity contribution < 1.29 is 13.9 Å². The SMILES string of the molecule is Cc1cc(-c2c(F)cc(N3C[C@@H](C)O[C@@H](C)C3)cc2CNC(=O)C(C)C2CC2)cc(C)n1. The van der Waals surface area contributed by atoms with Crippen LogP contribution in [0.15, 0.2) is 24.3 Å². The van der Waals surface area contributed by atoms with Gasteiger partial charge in [-0.05, 0) is 81.8 Å². The van der Waals surface area contributed by atoms with Crippen LogP contribution in [0, 0.1) is 31.5 Å². The summed E-state index contributed by atoms with van der Waals surface area (Å²) >= 11 is 0. The van der Waals surface area contributed by atoms with Crippen molar-refractivity contribution in [2.24, 2.45) is 11.8 Å². The summed E-state index contributed by atoms with van der Waals surface area (Å²) in [5.74, 6) is 0.246. The number of benzene rings is 1. The minimum atomic E-state index is -0.279. The summed E-state index contributed by atoms with van der Waals surface area (Å²) in [5.41, 5.74) is 4.63. The number of pyridine rings is 1. The van der Waals surface area contributed by atoms with Gasteiger partial charge in [0, 0.05) is 48.2 Å². The first-order valence-corrected chi connectivity index (χ1v) is 11.7. The number of aromatic nitrogens is 1. The Hall–Kier alpha value is -2.47. The molecule has 32 heavy (non-hydrogen) atoms. The summed E-state index contributed by atoms with van der Waals surface area (Å²) in [6.07, 6.45) is 2.39. The van der Waals surface area contributed by atoms with Gasteiger partial charge in [-0.25, -0.2) is 4.39 Å². The molecule has 3 atom stereocenters. The molecule has 1 unspecified atom stereocenters. The largest absolute Gasteiger partial charge is 0.372 e. The van der Waals surface area contributed by atoms with Crippen LogP contribution in [0.4, 0.5) is 10.1 Å². The monoisotopic (exact) mass is 439 g/mol. The standard InChI is InChI=1S/C26H34FN3O2/c1-15-8-21(9-16(2)29-15)25-22(12-28-26(31)19(5)20-6-7-20)10-23(11-24(25)27)30-13-17(3)32-18(4)14-30/h8-11,17-20H,6-7,12-14H2,1-5H3,(H,28,31)/t17-,18+,19?. The molecule has 1 aliphatic heterocycles. The van der Waals surface area contributed by atoms with E-state index in [1.807, 2.05) is 52.8 Å². The number of amides is 1. The number of nitrogens with zero attached hydrogens (tertiary/aromatic N) is 2. The topological polar surface area (TPSA) is 54.5 Å². The number of hydrogen-bond acceptors (Lipinski definition) is 4. The summed E-state index contributed by atoms with van der Waals surface area (Å²) < 4.78 is 21.5. The molecule has 0 spiro atoms.